The largest absolute Gasteiger partial charge is 0.490 e. The predicted molar refractivity (Wildman–Crippen MR) is 121 cm³/mol. The van der Waals surface area contributed by atoms with E-state index in [2.05, 4.69) is 5.32 Å². The molecule has 2 aromatic carbocycles. The van der Waals surface area contributed by atoms with Crippen molar-refractivity contribution in [3.63, 3.8) is 0 Å². The van der Waals surface area contributed by atoms with E-state index < -0.39 is 5.91 Å². The van der Waals surface area contributed by atoms with Crippen LogP contribution in [0.25, 0.3) is 6.08 Å². The smallest absolute Gasteiger partial charge is 0.246 e. The number of ether oxygens (including phenoxy) is 2. The second-order valence-electron chi connectivity index (χ2n) is 6.24. The summed E-state index contributed by atoms with van der Waals surface area (Å²) < 4.78 is 11.1. The summed E-state index contributed by atoms with van der Waals surface area (Å²) in [5.74, 6) is 0.518. The topological polar surface area (TPSA) is 67.9 Å². The highest BCUT2D eigenvalue weighted by atomic mass is 35.5. The molecule has 0 aliphatic rings. The third-order valence-corrected chi connectivity index (χ3v) is 4.60. The van der Waals surface area contributed by atoms with Crippen LogP contribution in [0.15, 0.2) is 42.5 Å². The molecule has 2 rings (SSSR count). The number of amides is 2. The van der Waals surface area contributed by atoms with Crippen LogP contribution in [-0.4, -0.2) is 43.5 Å². The monoisotopic (exact) mass is 450 g/mol. The van der Waals surface area contributed by atoms with Crippen LogP contribution in [0.1, 0.15) is 19.4 Å². The number of nitrogens with zero attached hydrogens (tertiary/aromatic N) is 1. The number of carbonyl (C=O) groups excluding carboxylic acids is 2. The van der Waals surface area contributed by atoms with Gasteiger partial charge in [0.2, 0.25) is 11.8 Å². The second-order valence-corrected chi connectivity index (χ2v) is 7.06. The normalized spacial score (nSPS) is 10.7. The summed E-state index contributed by atoms with van der Waals surface area (Å²) in [7, 11) is 1.53. The molecule has 2 amide bonds. The van der Waals surface area contributed by atoms with Gasteiger partial charge in [-0.1, -0.05) is 35.3 Å². The number of nitrogens with one attached hydrogen (secondary N) is 1. The lowest BCUT2D eigenvalue weighted by molar-refractivity contribution is -0.129. The van der Waals surface area contributed by atoms with E-state index in [1.54, 1.807) is 36.4 Å². The lowest BCUT2D eigenvalue weighted by Crippen LogP contribution is -2.34. The van der Waals surface area contributed by atoms with Crippen LogP contribution in [-0.2, 0) is 9.59 Å². The third-order valence-electron chi connectivity index (χ3n) is 3.97. The molecule has 6 nitrogen and oxygen atoms in total. The molecule has 30 heavy (non-hydrogen) atoms. The zero-order valence-corrected chi connectivity index (χ0v) is 18.6. The minimum atomic E-state index is -0.408. The number of likely N-dealkylation sites (N-methyl/N-ethyl adjacent to an activating group) is 1. The highest BCUT2D eigenvalue weighted by molar-refractivity contribution is 6.39. The Hall–Kier alpha value is -2.70. The molecule has 0 unspecified atom stereocenters. The van der Waals surface area contributed by atoms with Crippen molar-refractivity contribution in [1.82, 2.24) is 4.90 Å². The molecular weight excluding hydrogens is 427 g/mol. The Bertz CT molecular complexity index is 911. The fourth-order valence-electron chi connectivity index (χ4n) is 2.56. The number of carbonyl (C=O) groups is 2. The molecule has 0 fully saturated rings. The Balaban J connectivity index is 2.00. The average Bonchev–Trinajstić information content (AvgIpc) is 2.71. The van der Waals surface area contributed by atoms with Gasteiger partial charge in [-0.05, 0) is 49.8 Å². The van der Waals surface area contributed by atoms with Crippen molar-refractivity contribution in [3.8, 4) is 11.5 Å². The van der Waals surface area contributed by atoms with Gasteiger partial charge >= 0.3 is 0 Å². The predicted octanol–water partition coefficient (Wildman–Crippen LogP) is 4.90. The van der Waals surface area contributed by atoms with Gasteiger partial charge in [-0.3, -0.25) is 9.59 Å². The number of hydrogen-bond donors (Lipinski definition) is 1. The molecule has 0 saturated carbocycles. The molecule has 0 saturated heterocycles. The molecule has 8 heteroatoms. The van der Waals surface area contributed by atoms with Crippen LogP contribution in [0.2, 0.25) is 10.0 Å². The summed E-state index contributed by atoms with van der Waals surface area (Å²) in [5.41, 5.74) is 1.09. The standard InChI is InChI=1S/C22H24Cl2N2O4/c1-4-29-18-11-9-15(13-19(18)30-5-2)10-12-21(28)26(3)14-20(27)25-22-16(23)7-6-8-17(22)24/h6-13H,4-5,14H2,1-3H3,(H,25,27)/b12-10+. The van der Waals surface area contributed by atoms with Crippen molar-refractivity contribution in [2.24, 2.45) is 0 Å². The Kier molecular flexibility index (Phi) is 9.02. The summed E-state index contributed by atoms with van der Waals surface area (Å²) >= 11 is 12.1. The summed E-state index contributed by atoms with van der Waals surface area (Å²) in [4.78, 5) is 25.9. The maximum Gasteiger partial charge on any atom is 0.246 e. The molecule has 0 spiro atoms. The zero-order chi connectivity index (χ0) is 22.1. The molecule has 160 valence electrons. The fraction of sp³-hybridized carbons (Fsp3) is 0.273. The van der Waals surface area contributed by atoms with Gasteiger partial charge < -0.3 is 19.7 Å². The lowest BCUT2D eigenvalue weighted by atomic mass is 10.2. The van der Waals surface area contributed by atoms with Gasteiger partial charge in [-0.25, -0.2) is 0 Å². The van der Waals surface area contributed by atoms with Crippen molar-refractivity contribution < 1.29 is 19.1 Å². The Labute approximate surface area is 186 Å². The van der Waals surface area contributed by atoms with Crippen molar-refractivity contribution in [3.05, 3.63) is 58.1 Å². The Morgan fingerprint density at radius 3 is 2.30 bits per heavy atom. The SMILES string of the molecule is CCOc1ccc(/C=C/C(=O)N(C)CC(=O)Nc2c(Cl)cccc2Cl)cc1OCC. The summed E-state index contributed by atoms with van der Waals surface area (Å²) in [5, 5.41) is 3.28. The lowest BCUT2D eigenvalue weighted by Gasteiger charge is -2.16. The van der Waals surface area contributed by atoms with Crippen LogP contribution in [0.4, 0.5) is 5.69 Å². The van der Waals surface area contributed by atoms with E-state index in [0.29, 0.717) is 40.4 Å². The number of benzene rings is 2. The van der Waals surface area contributed by atoms with Gasteiger partial charge in [0.25, 0.3) is 0 Å². The van der Waals surface area contributed by atoms with E-state index in [1.165, 1.54) is 18.0 Å². The zero-order valence-electron chi connectivity index (χ0n) is 17.1. The molecule has 2 aromatic rings. The summed E-state index contributed by atoms with van der Waals surface area (Å²) in [6, 6.07) is 10.3. The van der Waals surface area contributed by atoms with Crippen molar-refractivity contribution in [2.75, 3.05) is 32.1 Å². The van der Waals surface area contributed by atoms with Crippen LogP contribution < -0.4 is 14.8 Å². The van der Waals surface area contributed by atoms with Crippen LogP contribution in [0.3, 0.4) is 0 Å². The average molecular weight is 451 g/mol. The number of para-hydroxylation sites is 1. The molecule has 0 aromatic heterocycles. The van der Waals surface area contributed by atoms with Crippen LogP contribution in [0.5, 0.6) is 11.5 Å². The van der Waals surface area contributed by atoms with Crippen LogP contribution in [0, 0.1) is 0 Å². The van der Waals surface area contributed by atoms with Crippen molar-refractivity contribution >= 4 is 46.8 Å². The number of rotatable bonds is 9. The van der Waals surface area contributed by atoms with E-state index in [0.717, 1.165) is 5.56 Å². The Morgan fingerprint density at radius 2 is 1.67 bits per heavy atom. The third kappa shape index (κ3) is 6.68. The van der Waals surface area contributed by atoms with E-state index in [1.807, 2.05) is 19.9 Å². The van der Waals surface area contributed by atoms with Gasteiger partial charge in [-0.2, -0.15) is 0 Å². The Morgan fingerprint density at radius 1 is 1.03 bits per heavy atom. The maximum atomic E-state index is 12.4. The van der Waals surface area contributed by atoms with E-state index >= 15 is 0 Å². The van der Waals surface area contributed by atoms with Gasteiger partial charge in [0, 0.05) is 13.1 Å². The van der Waals surface area contributed by atoms with E-state index in [-0.39, 0.29) is 12.5 Å². The molecule has 0 atom stereocenters. The van der Waals surface area contributed by atoms with E-state index in [9.17, 15) is 9.59 Å². The molecular formula is C22H24Cl2N2O4. The molecule has 0 aliphatic heterocycles. The molecule has 0 bridgehead atoms. The van der Waals surface area contributed by atoms with Crippen molar-refractivity contribution in [2.45, 2.75) is 13.8 Å². The van der Waals surface area contributed by atoms with Crippen LogP contribution >= 0.6 is 23.2 Å². The first-order valence-corrected chi connectivity index (χ1v) is 10.2. The van der Waals surface area contributed by atoms with E-state index in [4.69, 9.17) is 32.7 Å². The molecule has 0 aliphatic carbocycles. The van der Waals surface area contributed by atoms with Gasteiger partial charge in [0.15, 0.2) is 11.5 Å². The summed E-state index contributed by atoms with van der Waals surface area (Å²) in [6.45, 7) is 4.66. The van der Waals surface area contributed by atoms with Gasteiger partial charge in [0.05, 0.1) is 35.5 Å². The summed E-state index contributed by atoms with van der Waals surface area (Å²) in [6.07, 6.45) is 3.04. The first kappa shape index (κ1) is 23.6. The highest BCUT2D eigenvalue weighted by Crippen LogP contribution is 2.30. The first-order valence-electron chi connectivity index (χ1n) is 9.42. The molecule has 0 heterocycles. The number of halogens is 2. The molecule has 0 radical (unpaired) electrons. The number of anilines is 1. The minimum absolute atomic E-state index is 0.155. The maximum absolute atomic E-state index is 12.4. The van der Waals surface area contributed by atoms with Gasteiger partial charge in [0.1, 0.15) is 0 Å². The van der Waals surface area contributed by atoms with Crippen molar-refractivity contribution in [1.29, 1.82) is 0 Å². The number of hydrogen-bond acceptors (Lipinski definition) is 4. The molecule has 1 N–H and O–H groups in total. The first-order chi connectivity index (χ1) is 14.3. The second kappa shape index (κ2) is 11.5. The highest BCUT2D eigenvalue weighted by Gasteiger charge is 2.14. The minimum Gasteiger partial charge on any atom is -0.490 e. The van der Waals surface area contributed by atoms with Gasteiger partial charge in [-0.15, -0.1) is 0 Å². The fourth-order valence-corrected chi connectivity index (χ4v) is 3.05. The quantitative estimate of drug-likeness (QED) is 0.551.